The van der Waals surface area contributed by atoms with E-state index in [1.165, 1.54) is 0 Å². The van der Waals surface area contributed by atoms with E-state index in [0.29, 0.717) is 18.9 Å². The second-order valence-electron chi connectivity index (χ2n) is 5.30. The number of halogens is 4. The number of hydrogen-bond donors (Lipinski definition) is 2. The summed E-state index contributed by atoms with van der Waals surface area (Å²) in [6, 6.07) is 0.316. The molecule has 1 saturated carbocycles. The molecule has 2 rings (SSSR count). The lowest BCUT2D eigenvalue weighted by atomic mass is 9.82. The van der Waals surface area contributed by atoms with Crippen LogP contribution in [0, 0.1) is 23.3 Å². The molecule has 1 aromatic rings. The summed E-state index contributed by atoms with van der Waals surface area (Å²) in [5.41, 5.74) is -1.84. The second-order valence-corrected chi connectivity index (χ2v) is 5.30. The zero-order valence-corrected chi connectivity index (χ0v) is 11.2. The third-order valence-corrected chi connectivity index (χ3v) is 3.84. The fourth-order valence-corrected chi connectivity index (χ4v) is 2.60. The molecule has 0 unspecified atom stereocenters. The molecule has 7 heteroatoms. The Morgan fingerprint density at radius 2 is 1.71 bits per heavy atom. The summed E-state index contributed by atoms with van der Waals surface area (Å²) >= 11 is 0. The number of hydrogen-bond acceptors (Lipinski definition) is 2. The van der Waals surface area contributed by atoms with Crippen LogP contribution >= 0.6 is 0 Å². The van der Waals surface area contributed by atoms with E-state index in [-0.39, 0.29) is 6.61 Å². The molecule has 0 radical (unpaired) electrons. The van der Waals surface area contributed by atoms with Gasteiger partial charge >= 0.3 is 0 Å². The molecule has 0 saturated heterocycles. The van der Waals surface area contributed by atoms with Gasteiger partial charge in [-0.25, -0.2) is 17.6 Å². The van der Waals surface area contributed by atoms with Gasteiger partial charge in [0.2, 0.25) is 0 Å². The molecule has 0 atom stereocenters. The number of benzene rings is 1. The smallest absolute Gasteiger partial charge is 0.254 e. The van der Waals surface area contributed by atoms with Gasteiger partial charge < -0.3 is 10.4 Å². The lowest BCUT2D eigenvalue weighted by Gasteiger charge is -2.36. The SMILES string of the molecule is O=C(NC1(CO)CCCCC1)c1cc(F)c(F)c(F)c1F. The van der Waals surface area contributed by atoms with E-state index in [1.807, 2.05) is 0 Å². The summed E-state index contributed by atoms with van der Waals surface area (Å²) in [7, 11) is 0. The van der Waals surface area contributed by atoms with Crippen molar-refractivity contribution in [1.82, 2.24) is 5.32 Å². The van der Waals surface area contributed by atoms with Crippen molar-refractivity contribution in [3.05, 3.63) is 34.9 Å². The molecule has 21 heavy (non-hydrogen) atoms. The number of carbonyl (C=O) groups is 1. The van der Waals surface area contributed by atoms with Crippen molar-refractivity contribution in [1.29, 1.82) is 0 Å². The maximum Gasteiger partial charge on any atom is 0.254 e. The molecule has 2 N–H and O–H groups in total. The molecular formula is C14H15F4NO2. The Morgan fingerprint density at radius 3 is 2.29 bits per heavy atom. The summed E-state index contributed by atoms with van der Waals surface area (Å²) in [4.78, 5) is 12.0. The first-order valence-electron chi connectivity index (χ1n) is 6.66. The van der Waals surface area contributed by atoms with E-state index in [0.717, 1.165) is 19.3 Å². The number of rotatable bonds is 3. The van der Waals surface area contributed by atoms with Crippen LogP contribution in [0.5, 0.6) is 0 Å². The largest absolute Gasteiger partial charge is 0.394 e. The summed E-state index contributed by atoms with van der Waals surface area (Å²) in [6.45, 7) is -0.355. The van der Waals surface area contributed by atoms with Gasteiger partial charge in [0.15, 0.2) is 23.3 Å². The number of amides is 1. The molecule has 0 spiro atoms. The predicted octanol–water partition coefficient (Wildman–Crippen LogP) is 2.67. The van der Waals surface area contributed by atoms with Gasteiger partial charge in [-0.2, -0.15) is 0 Å². The third-order valence-electron chi connectivity index (χ3n) is 3.84. The van der Waals surface area contributed by atoms with Crippen LogP contribution in [-0.2, 0) is 0 Å². The monoisotopic (exact) mass is 305 g/mol. The van der Waals surface area contributed by atoms with Crippen LogP contribution in [0.3, 0.4) is 0 Å². The summed E-state index contributed by atoms with van der Waals surface area (Å²) < 4.78 is 52.7. The predicted molar refractivity (Wildman–Crippen MR) is 66.6 cm³/mol. The third kappa shape index (κ3) is 3.02. The number of nitrogens with one attached hydrogen (secondary N) is 1. The summed E-state index contributed by atoms with van der Waals surface area (Å²) in [5, 5.41) is 11.9. The number of aliphatic hydroxyl groups excluding tert-OH is 1. The molecular weight excluding hydrogens is 290 g/mol. The molecule has 0 heterocycles. The van der Waals surface area contributed by atoms with E-state index in [9.17, 15) is 27.5 Å². The van der Waals surface area contributed by atoms with Crippen LogP contribution in [0.4, 0.5) is 17.6 Å². The Hall–Kier alpha value is -1.63. The van der Waals surface area contributed by atoms with Gasteiger partial charge in [0.1, 0.15) is 0 Å². The fourth-order valence-electron chi connectivity index (χ4n) is 2.60. The van der Waals surface area contributed by atoms with Gasteiger partial charge in [-0.15, -0.1) is 0 Å². The lowest BCUT2D eigenvalue weighted by molar-refractivity contribution is 0.0753. The van der Waals surface area contributed by atoms with Gasteiger partial charge in [-0.1, -0.05) is 19.3 Å². The van der Waals surface area contributed by atoms with Gasteiger partial charge in [-0.05, 0) is 18.9 Å². The first-order valence-corrected chi connectivity index (χ1v) is 6.66. The van der Waals surface area contributed by atoms with Crippen molar-refractivity contribution in [3.63, 3.8) is 0 Å². The lowest BCUT2D eigenvalue weighted by Crippen LogP contribution is -2.52. The van der Waals surface area contributed by atoms with Crippen LogP contribution in [0.15, 0.2) is 6.07 Å². The number of carbonyl (C=O) groups excluding carboxylic acids is 1. The Balaban J connectivity index is 2.28. The van der Waals surface area contributed by atoms with Crippen molar-refractivity contribution in [2.75, 3.05) is 6.61 Å². The Kier molecular flexibility index (Phi) is 4.51. The Morgan fingerprint density at radius 1 is 1.10 bits per heavy atom. The van der Waals surface area contributed by atoms with Crippen LogP contribution in [0.1, 0.15) is 42.5 Å². The second kappa shape index (κ2) is 6.01. The normalized spacial score (nSPS) is 17.6. The molecule has 0 aromatic heterocycles. The Labute approximate surface area is 119 Å². The van der Waals surface area contributed by atoms with Crippen molar-refractivity contribution < 1.29 is 27.5 Å². The molecule has 3 nitrogen and oxygen atoms in total. The van der Waals surface area contributed by atoms with Crippen LogP contribution < -0.4 is 5.32 Å². The molecule has 1 aliphatic rings. The minimum atomic E-state index is -2.03. The molecule has 1 fully saturated rings. The summed E-state index contributed by atoms with van der Waals surface area (Å²) in [6.07, 6.45) is 3.47. The highest BCUT2D eigenvalue weighted by atomic mass is 19.2. The Bertz CT molecular complexity index is 556. The average Bonchev–Trinajstić information content (AvgIpc) is 2.49. The highest BCUT2D eigenvalue weighted by molar-refractivity contribution is 5.95. The summed E-state index contributed by atoms with van der Waals surface area (Å²) in [5.74, 6) is -8.43. The van der Waals surface area contributed by atoms with Crippen molar-refractivity contribution in [2.24, 2.45) is 0 Å². The van der Waals surface area contributed by atoms with E-state index in [4.69, 9.17) is 0 Å². The zero-order chi connectivity index (χ0) is 15.6. The highest BCUT2D eigenvalue weighted by Gasteiger charge is 2.34. The van der Waals surface area contributed by atoms with Crippen LogP contribution in [-0.4, -0.2) is 23.2 Å². The molecule has 116 valence electrons. The molecule has 0 aliphatic heterocycles. The molecule has 1 aromatic carbocycles. The highest BCUT2D eigenvalue weighted by Crippen LogP contribution is 2.28. The van der Waals surface area contributed by atoms with E-state index >= 15 is 0 Å². The van der Waals surface area contributed by atoms with Crippen molar-refractivity contribution >= 4 is 5.91 Å². The van der Waals surface area contributed by atoms with Gasteiger partial charge in [0.25, 0.3) is 5.91 Å². The average molecular weight is 305 g/mol. The van der Waals surface area contributed by atoms with Crippen molar-refractivity contribution in [2.45, 2.75) is 37.6 Å². The molecule has 1 aliphatic carbocycles. The first-order chi connectivity index (χ1) is 9.90. The zero-order valence-electron chi connectivity index (χ0n) is 11.2. The minimum Gasteiger partial charge on any atom is -0.394 e. The molecule has 0 bridgehead atoms. The van der Waals surface area contributed by atoms with Crippen LogP contribution in [0.25, 0.3) is 0 Å². The topological polar surface area (TPSA) is 49.3 Å². The van der Waals surface area contributed by atoms with Gasteiger partial charge in [0.05, 0.1) is 17.7 Å². The first kappa shape index (κ1) is 15.8. The quantitative estimate of drug-likeness (QED) is 0.512. The van der Waals surface area contributed by atoms with E-state index in [1.54, 1.807) is 0 Å². The van der Waals surface area contributed by atoms with Crippen LogP contribution in [0.2, 0.25) is 0 Å². The van der Waals surface area contributed by atoms with E-state index in [2.05, 4.69) is 5.32 Å². The standard InChI is InChI=1S/C14H15F4NO2/c15-9-6-8(10(16)12(18)11(9)17)13(21)19-14(7-20)4-2-1-3-5-14/h6,20H,1-5,7H2,(H,19,21). The van der Waals surface area contributed by atoms with Crippen molar-refractivity contribution in [3.8, 4) is 0 Å². The maximum atomic E-state index is 13.6. The number of aliphatic hydroxyl groups is 1. The van der Waals surface area contributed by atoms with Gasteiger partial charge in [-0.3, -0.25) is 4.79 Å². The van der Waals surface area contributed by atoms with E-state index < -0.39 is 40.3 Å². The fraction of sp³-hybridized carbons (Fsp3) is 0.500. The van der Waals surface area contributed by atoms with Gasteiger partial charge in [0, 0.05) is 0 Å². The maximum absolute atomic E-state index is 13.6. The minimum absolute atomic E-state index is 0.316. The molecule has 1 amide bonds.